The van der Waals surface area contributed by atoms with Crippen molar-refractivity contribution in [2.45, 2.75) is 25.8 Å². The fraction of sp³-hybridized carbons (Fsp3) is 0.500. The van der Waals surface area contributed by atoms with Crippen molar-refractivity contribution < 1.29 is 9.53 Å². The lowest BCUT2D eigenvalue weighted by Gasteiger charge is -2.33. The van der Waals surface area contributed by atoms with Crippen molar-refractivity contribution in [1.29, 1.82) is 5.26 Å². The number of hydrogen-bond donors (Lipinski definition) is 0. The predicted octanol–water partition coefficient (Wildman–Crippen LogP) is 2.53. The maximum atomic E-state index is 11.7. The summed E-state index contributed by atoms with van der Waals surface area (Å²) in [5.41, 5.74) is 1.02. The summed E-state index contributed by atoms with van der Waals surface area (Å²) in [6.45, 7) is 3.78. The van der Waals surface area contributed by atoms with Gasteiger partial charge in [0.05, 0.1) is 18.6 Å². The summed E-state index contributed by atoms with van der Waals surface area (Å²) < 4.78 is 5.07. The molecule has 1 aliphatic rings. The molecule has 1 aliphatic heterocycles. The zero-order chi connectivity index (χ0) is 14.4. The molecule has 0 aromatic heterocycles. The Morgan fingerprint density at radius 2 is 2.05 bits per heavy atom. The van der Waals surface area contributed by atoms with Crippen molar-refractivity contribution in [2.24, 2.45) is 5.92 Å². The van der Waals surface area contributed by atoms with Crippen LogP contribution in [0.4, 0.5) is 0 Å². The summed E-state index contributed by atoms with van der Waals surface area (Å²) in [7, 11) is 0. The van der Waals surface area contributed by atoms with Crippen molar-refractivity contribution >= 4 is 5.97 Å². The number of hydrogen-bond acceptors (Lipinski definition) is 4. The van der Waals surface area contributed by atoms with Crippen LogP contribution in [-0.4, -0.2) is 30.6 Å². The topological polar surface area (TPSA) is 53.3 Å². The lowest BCUT2D eigenvalue weighted by Crippen LogP contribution is -2.38. The monoisotopic (exact) mass is 272 g/mol. The van der Waals surface area contributed by atoms with E-state index in [1.807, 2.05) is 37.3 Å². The SMILES string of the molecule is CCOC(=O)C1CCN(C(C#N)c2ccccc2)CC1. The maximum Gasteiger partial charge on any atom is 0.309 e. The molecular weight excluding hydrogens is 252 g/mol. The lowest BCUT2D eigenvalue weighted by molar-refractivity contribution is -0.149. The van der Waals surface area contributed by atoms with Gasteiger partial charge < -0.3 is 4.74 Å². The smallest absolute Gasteiger partial charge is 0.309 e. The summed E-state index contributed by atoms with van der Waals surface area (Å²) in [5, 5.41) is 9.41. The van der Waals surface area contributed by atoms with Crippen LogP contribution in [0.15, 0.2) is 30.3 Å². The Labute approximate surface area is 120 Å². The van der Waals surface area contributed by atoms with E-state index in [-0.39, 0.29) is 17.9 Å². The first-order valence-corrected chi connectivity index (χ1v) is 7.11. The number of ether oxygens (including phenoxy) is 1. The van der Waals surface area contributed by atoms with Gasteiger partial charge in [0, 0.05) is 13.1 Å². The molecule has 0 aliphatic carbocycles. The van der Waals surface area contributed by atoms with Crippen molar-refractivity contribution in [2.75, 3.05) is 19.7 Å². The fourth-order valence-electron chi connectivity index (χ4n) is 2.66. The second kappa shape index (κ2) is 7.06. The third kappa shape index (κ3) is 3.37. The highest BCUT2D eigenvalue weighted by molar-refractivity contribution is 5.72. The Morgan fingerprint density at radius 3 is 2.60 bits per heavy atom. The molecule has 1 heterocycles. The molecule has 1 aromatic carbocycles. The summed E-state index contributed by atoms with van der Waals surface area (Å²) >= 11 is 0. The van der Waals surface area contributed by atoms with E-state index in [2.05, 4.69) is 11.0 Å². The first kappa shape index (κ1) is 14.5. The highest BCUT2D eigenvalue weighted by atomic mass is 16.5. The number of rotatable bonds is 4. The molecule has 106 valence electrons. The first-order chi connectivity index (χ1) is 9.76. The number of piperidine rings is 1. The van der Waals surface area contributed by atoms with Gasteiger partial charge in [-0.1, -0.05) is 30.3 Å². The Balaban J connectivity index is 1.96. The van der Waals surface area contributed by atoms with Crippen LogP contribution in [0, 0.1) is 17.2 Å². The molecule has 0 bridgehead atoms. The standard InChI is InChI=1S/C16H20N2O2/c1-2-20-16(19)14-8-10-18(11-9-14)15(12-17)13-6-4-3-5-7-13/h3-7,14-15H,2,8-11H2,1H3. The molecule has 4 nitrogen and oxygen atoms in total. The van der Waals surface area contributed by atoms with Crippen LogP contribution < -0.4 is 0 Å². The molecule has 4 heteroatoms. The largest absolute Gasteiger partial charge is 0.466 e. The number of likely N-dealkylation sites (tertiary alicyclic amines) is 1. The van der Waals surface area contributed by atoms with Crippen molar-refractivity contribution in [1.82, 2.24) is 4.90 Å². The van der Waals surface area contributed by atoms with Gasteiger partial charge in [0.25, 0.3) is 0 Å². The maximum absolute atomic E-state index is 11.7. The van der Waals surface area contributed by atoms with Gasteiger partial charge in [-0.15, -0.1) is 0 Å². The molecule has 0 N–H and O–H groups in total. The highest BCUT2D eigenvalue weighted by Gasteiger charge is 2.29. The summed E-state index contributed by atoms with van der Waals surface area (Å²) in [5.74, 6) is -0.110. The van der Waals surface area contributed by atoms with E-state index in [9.17, 15) is 10.1 Å². The molecule has 1 unspecified atom stereocenters. The predicted molar refractivity (Wildman–Crippen MR) is 75.7 cm³/mol. The second-order valence-electron chi connectivity index (χ2n) is 5.00. The molecule has 20 heavy (non-hydrogen) atoms. The number of carbonyl (C=O) groups excluding carboxylic acids is 1. The van der Waals surface area contributed by atoms with E-state index in [0.717, 1.165) is 31.5 Å². The van der Waals surface area contributed by atoms with Gasteiger partial charge in [-0.05, 0) is 25.3 Å². The van der Waals surface area contributed by atoms with Gasteiger partial charge >= 0.3 is 5.97 Å². The van der Waals surface area contributed by atoms with Crippen LogP contribution in [0.3, 0.4) is 0 Å². The molecule has 0 spiro atoms. The number of nitrogens with zero attached hydrogens (tertiary/aromatic N) is 2. The molecule has 1 saturated heterocycles. The number of benzene rings is 1. The van der Waals surface area contributed by atoms with Crippen LogP contribution in [0.5, 0.6) is 0 Å². The zero-order valence-electron chi connectivity index (χ0n) is 11.8. The van der Waals surface area contributed by atoms with Gasteiger partial charge in [0.2, 0.25) is 0 Å². The summed E-state index contributed by atoms with van der Waals surface area (Å²) in [4.78, 5) is 13.9. The van der Waals surface area contributed by atoms with Crippen LogP contribution in [0.2, 0.25) is 0 Å². The van der Waals surface area contributed by atoms with E-state index in [0.29, 0.717) is 6.61 Å². The first-order valence-electron chi connectivity index (χ1n) is 7.11. The van der Waals surface area contributed by atoms with Gasteiger partial charge in [-0.3, -0.25) is 9.69 Å². The Kier molecular flexibility index (Phi) is 5.14. The lowest BCUT2D eigenvalue weighted by atomic mass is 9.94. The van der Waals surface area contributed by atoms with Crippen LogP contribution in [-0.2, 0) is 9.53 Å². The number of carbonyl (C=O) groups is 1. The summed E-state index contributed by atoms with van der Waals surface area (Å²) in [6, 6.07) is 11.9. The van der Waals surface area contributed by atoms with E-state index in [1.54, 1.807) is 0 Å². The fourth-order valence-corrected chi connectivity index (χ4v) is 2.66. The minimum absolute atomic E-state index is 0.0127. The van der Waals surface area contributed by atoms with Crippen LogP contribution in [0.25, 0.3) is 0 Å². The highest BCUT2D eigenvalue weighted by Crippen LogP contribution is 2.26. The molecule has 0 amide bonds. The minimum Gasteiger partial charge on any atom is -0.466 e. The molecule has 1 fully saturated rings. The molecule has 0 radical (unpaired) electrons. The van der Waals surface area contributed by atoms with Crippen molar-refractivity contribution in [3.63, 3.8) is 0 Å². The number of esters is 1. The Morgan fingerprint density at radius 1 is 1.40 bits per heavy atom. The number of nitriles is 1. The van der Waals surface area contributed by atoms with Crippen LogP contribution in [0.1, 0.15) is 31.4 Å². The van der Waals surface area contributed by atoms with Gasteiger partial charge in [0.1, 0.15) is 6.04 Å². The van der Waals surface area contributed by atoms with E-state index in [1.165, 1.54) is 0 Å². The average molecular weight is 272 g/mol. The van der Waals surface area contributed by atoms with Crippen molar-refractivity contribution in [3.8, 4) is 6.07 Å². The Bertz CT molecular complexity index is 473. The minimum atomic E-state index is -0.223. The van der Waals surface area contributed by atoms with Gasteiger partial charge in [-0.25, -0.2) is 0 Å². The molecular formula is C16H20N2O2. The molecule has 1 aromatic rings. The van der Waals surface area contributed by atoms with Crippen molar-refractivity contribution in [3.05, 3.63) is 35.9 Å². The van der Waals surface area contributed by atoms with Gasteiger partial charge in [-0.2, -0.15) is 5.26 Å². The average Bonchev–Trinajstić information content (AvgIpc) is 2.50. The normalized spacial score (nSPS) is 18.2. The van der Waals surface area contributed by atoms with E-state index in [4.69, 9.17) is 4.74 Å². The molecule has 1 atom stereocenters. The van der Waals surface area contributed by atoms with E-state index >= 15 is 0 Å². The van der Waals surface area contributed by atoms with Gasteiger partial charge in [0.15, 0.2) is 0 Å². The summed E-state index contributed by atoms with van der Waals surface area (Å²) in [6.07, 6.45) is 1.54. The van der Waals surface area contributed by atoms with Crippen LogP contribution >= 0.6 is 0 Å². The Hall–Kier alpha value is -1.86. The quantitative estimate of drug-likeness (QED) is 0.790. The zero-order valence-corrected chi connectivity index (χ0v) is 11.8. The third-order valence-electron chi connectivity index (χ3n) is 3.75. The molecule has 0 saturated carbocycles. The second-order valence-corrected chi connectivity index (χ2v) is 5.00. The van der Waals surface area contributed by atoms with E-state index < -0.39 is 0 Å². The third-order valence-corrected chi connectivity index (χ3v) is 3.75. The molecule has 2 rings (SSSR count).